The number of nitrogens with one attached hydrogen (secondary N) is 2. The number of benzene rings is 1. The second-order valence-corrected chi connectivity index (χ2v) is 7.90. The molecule has 1 saturated heterocycles. The van der Waals surface area contributed by atoms with Crippen LogP contribution in [0.2, 0.25) is 0 Å². The second kappa shape index (κ2) is 12.8. The molecule has 0 saturated carbocycles. The van der Waals surface area contributed by atoms with Crippen LogP contribution in [0.1, 0.15) is 54.8 Å². The molecule has 2 atom stereocenters. The van der Waals surface area contributed by atoms with E-state index in [2.05, 4.69) is 34.5 Å². The molecule has 1 aromatic carbocycles. The quantitative estimate of drug-likeness (QED) is 0.312. The number of nitrogens with zero attached hydrogens (tertiary/aromatic N) is 4. The molecule has 3 rings (SSSR count). The Labute approximate surface area is 207 Å². The van der Waals surface area contributed by atoms with Gasteiger partial charge in [-0.3, -0.25) is 9.48 Å². The molecule has 0 aliphatic carbocycles. The lowest BCUT2D eigenvalue weighted by atomic mass is 10.1. The molecule has 1 aliphatic heterocycles. The van der Waals surface area contributed by atoms with Crippen LogP contribution in [0.3, 0.4) is 0 Å². The molecule has 1 aromatic heterocycles. The maximum Gasteiger partial charge on any atom is 0.251 e. The highest BCUT2D eigenvalue weighted by molar-refractivity contribution is 14.0. The molecular formula is C23H35IN6O2. The Morgan fingerprint density at radius 2 is 2.06 bits per heavy atom. The minimum Gasteiger partial charge on any atom is -0.370 e. The molecular weight excluding hydrogens is 519 g/mol. The number of halogens is 1. The van der Waals surface area contributed by atoms with E-state index in [1.807, 2.05) is 50.6 Å². The number of amides is 1. The minimum absolute atomic E-state index is 0. The van der Waals surface area contributed by atoms with E-state index in [9.17, 15) is 4.79 Å². The van der Waals surface area contributed by atoms with Gasteiger partial charge in [-0.1, -0.05) is 19.1 Å². The Kier molecular flexibility index (Phi) is 10.4. The Balaban J connectivity index is 0.00000363. The summed E-state index contributed by atoms with van der Waals surface area (Å²) in [6.07, 6.45) is 4.75. The standard InChI is InChI=1S/C23H34N6O2.HI/c1-5-17(3)27-22(30)19-9-7-18(8-10-19)13-25-23(24-6-2)29-11-12-31-21(16-29)20-14-26-28(4)15-20;/h7-10,14-15,17,21H,5-6,11-13,16H2,1-4H3,(H,24,25)(H,27,30);1H. The van der Waals surface area contributed by atoms with Gasteiger partial charge < -0.3 is 20.3 Å². The summed E-state index contributed by atoms with van der Waals surface area (Å²) < 4.78 is 7.75. The largest absolute Gasteiger partial charge is 0.370 e. The van der Waals surface area contributed by atoms with E-state index in [0.717, 1.165) is 43.1 Å². The molecule has 8 nitrogen and oxygen atoms in total. The number of rotatable bonds is 7. The number of ether oxygens (including phenoxy) is 1. The first kappa shape index (κ1) is 26.1. The highest BCUT2D eigenvalue weighted by Gasteiger charge is 2.25. The van der Waals surface area contributed by atoms with Crippen molar-refractivity contribution in [3.05, 3.63) is 53.3 Å². The number of carbonyl (C=O) groups is 1. The van der Waals surface area contributed by atoms with E-state index < -0.39 is 0 Å². The maximum atomic E-state index is 12.3. The Hall–Kier alpha value is -2.14. The highest BCUT2D eigenvalue weighted by atomic mass is 127. The summed E-state index contributed by atoms with van der Waals surface area (Å²) >= 11 is 0. The molecule has 1 fully saturated rings. The SMILES string of the molecule is CCNC(=NCc1ccc(C(=O)NC(C)CC)cc1)N1CCOC(c2cnn(C)c2)C1.I. The first-order valence-electron chi connectivity index (χ1n) is 11.0. The van der Waals surface area contributed by atoms with Gasteiger partial charge in [-0.25, -0.2) is 4.99 Å². The van der Waals surface area contributed by atoms with Crippen molar-refractivity contribution in [3.8, 4) is 0 Å². The lowest BCUT2D eigenvalue weighted by Gasteiger charge is -2.34. The molecule has 2 aromatic rings. The van der Waals surface area contributed by atoms with Gasteiger partial charge in [0.2, 0.25) is 0 Å². The Morgan fingerprint density at radius 1 is 1.31 bits per heavy atom. The van der Waals surface area contributed by atoms with Crippen molar-refractivity contribution in [2.24, 2.45) is 12.0 Å². The number of guanidine groups is 1. The van der Waals surface area contributed by atoms with Gasteiger partial charge in [0.15, 0.2) is 5.96 Å². The third kappa shape index (κ3) is 7.19. The van der Waals surface area contributed by atoms with Crippen molar-refractivity contribution in [2.75, 3.05) is 26.2 Å². The van der Waals surface area contributed by atoms with Gasteiger partial charge in [-0.2, -0.15) is 5.10 Å². The second-order valence-electron chi connectivity index (χ2n) is 7.90. The van der Waals surface area contributed by atoms with E-state index in [-0.39, 0.29) is 42.0 Å². The molecule has 2 unspecified atom stereocenters. The molecule has 176 valence electrons. The predicted molar refractivity (Wildman–Crippen MR) is 137 cm³/mol. The third-order valence-electron chi connectivity index (χ3n) is 5.41. The fourth-order valence-electron chi connectivity index (χ4n) is 3.41. The monoisotopic (exact) mass is 554 g/mol. The van der Waals surface area contributed by atoms with Crippen molar-refractivity contribution < 1.29 is 9.53 Å². The van der Waals surface area contributed by atoms with Gasteiger partial charge in [-0.05, 0) is 38.0 Å². The van der Waals surface area contributed by atoms with Crippen LogP contribution < -0.4 is 10.6 Å². The van der Waals surface area contributed by atoms with Gasteiger partial charge in [0.1, 0.15) is 6.10 Å². The van der Waals surface area contributed by atoms with Gasteiger partial charge in [0, 0.05) is 43.5 Å². The van der Waals surface area contributed by atoms with Crippen molar-refractivity contribution in [1.29, 1.82) is 0 Å². The normalized spacial score (nSPS) is 17.4. The zero-order valence-electron chi connectivity index (χ0n) is 19.4. The van der Waals surface area contributed by atoms with Crippen molar-refractivity contribution in [3.63, 3.8) is 0 Å². The van der Waals surface area contributed by atoms with Crippen LogP contribution in [-0.2, 0) is 18.3 Å². The van der Waals surface area contributed by atoms with Crippen LogP contribution >= 0.6 is 24.0 Å². The number of hydrogen-bond donors (Lipinski definition) is 2. The van der Waals surface area contributed by atoms with E-state index in [4.69, 9.17) is 9.73 Å². The average molecular weight is 554 g/mol. The first-order chi connectivity index (χ1) is 15.0. The van der Waals surface area contributed by atoms with E-state index >= 15 is 0 Å². The molecule has 32 heavy (non-hydrogen) atoms. The van der Waals surface area contributed by atoms with Crippen LogP contribution in [0.5, 0.6) is 0 Å². The molecule has 2 N–H and O–H groups in total. The minimum atomic E-state index is -0.0347. The Bertz CT molecular complexity index is 883. The van der Waals surface area contributed by atoms with Crippen LogP contribution in [0.4, 0.5) is 0 Å². The number of aliphatic imine (C=N–C) groups is 1. The third-order valence-corrected chi connectivity index (χ3v) is 5.41. The van der Waals surface area contributed by atoms with Gasteiger partial charge in [0.25, 0.3) is 5.91 Å². The van der Waals surface area contributed by atoms with E-state index in [1.165, 1.54) is 0 Å². The fourth-order valence-corrected chi connectivity index (χ4v) is 3.41. The highest BCUT2D eigenvalue weighted by Crippen LogP contribution is 2.21. The number of carbonyl (C=O) groups excluding carboxylic acids is 1. The Morgan fingerprint density at radius 3 is 2.69 bits per heavy atom. The smallest absolute Gasteiger partial charge is 0.251 e. The average Bonchev–Trinajstić information content (AvgIpc) is 3.23. The molecule has 1 aliphatic rings. The predicted octanol–water partition coefficient (Wildman–Crippen LogP) is 3.11. The fraction of sp³-hybridized carbons (Fsp3) is 0.522. The molecule has 9 heteroatoms. The van der Waals surface area contributed by atoms with E-state index in [0.29, 0.717) is 18.7 Å². The van der Waals surface area contributed by atoms with Gasteiger partial charge in [-0.15, -0.1) is 24.0 Å². The summed E-state index contributed by atoms with van der Waals surface area (Å²) in [5, 5.41) is 10.6. The lowest BCUT2D eigenvalue weighted by Crippen LogP contribution is -2.48. The van der Waals surface area contributed by atoms with Gasteiger partial charge >= 0.3 is 0 Å². The number of hydrogen-bond acceptors (Lipinski definition) is 4. The summed E-state index contributed by atoms with van der Waals surface area (Å²) in [4.78, 5) is 19.3. The number of aryl methyl sites for hydroxylation is 1. The zero-order chi connectivity index (χ0) is 22.2. The summed E-state index contributed by atoms with van der Waals surface area (Å²) in [6.45, 7) is 9.63. The van der Waals surface area contributed by atoms with Crippen LogP contribution in [-0.4, -0.2) is 58.8 Å². The molecule has 0 bridgehead atoms. The number of aromatic nitrogens is 2. The summed E-state index contributed by atoms with van der Waals surface area (Å²) in [5.74, 6) is 0.839. The summed E-state index contributed by atoms with van der Waals surface area (Å²) in [6, 6.07) is 7.83. The molecule has 0 radical (unpaired) electrons. The van der Waals surface area contributed by atoms with Crippen molar-refractivity contribution in [2.45, 2.75) is 45.9 Å². The van der Waals surface area contributed by atoms with Gasteiger partial charge in [0.05, 0.1) is 25.9 Å². The topological polar surface area (TPSA) is 83.8 Å². The molecule has 2 heterocycles. The summed E-state index contributed by atoms with van der Waals surface area (Å²) in [5.41, 5.74) is 2.81. The molecule has 0 spiro atoms. The van der Waals surface area contributed by atoms with Crippen LogP contribution in [0.15, 0.2) is 41.7 Å². The maximum absolute atomic E-state index is 12.3. The van der Waals surface area contributed by atoms with Crippen LogP contribution in [0.25, 0.3) is 0 Å². The van der Waals surface area contributed by atoms with E-state index in [1.54, 1.807) is 4.68 Å². The van der Waals surface area contributed by atoms with Crippen LogP contribution in [0, 0.1) is 0 Å². The first-order valence-corrected chi connectivity index (χ1v) is 11.0. The number of morpholine rings is 1. The van der Waals surface area contributed by atoms with Crippen molar-refractivity contribution in [1.82, 2.24) is 25.3 Å². The molecule has 1 amide bonds. The zero-order valence-corrected chi connectivity index (χ0v) is 21.7. The van der Waals surface area contributed by atoms with Crippen molar-refractivity contribution >= 4 is 35.8 Å². The lowest BCUT2D eigenvalue weighted by molar-refractivity contribution is -0.00805. The summed E-state index contributed by atoms with van der Waals surface area (Å²) in [7, 11) is 1.91.